The Hall–Kier alpha value is -2.87. The fourth-order valence-corrected chi connectivity index (χ4v) is 1.90. The van der Waals surface area contributed by atoms with E-state index < -0.39 is 4.92 Å². The molecule has 0 heterocycles. The van der Waals surface area contributed by atoms with Crippen LogP contribution in [0.3, 0.4) is 0 Å². The van der Waals surface area contributed by atoms with Crippen molar-refractivity contribution in [2.75, 3.05) is 5.32 Å². The van der Waals surface area contributed by atoms with Gasteiger partial charge in [0.1, 0.15) is 11.8 Å². The third-order valence-corrected chi connectivity index (χ3v) is 2.98. The Morgan fingerprint density at radius 1 is 1.25 bits per heavy atom. The molecule has 2 aromatic carbocycles. The number of hydrogen-bond donors (Lipinski definition) is 1. The van der Waals surface area contributed by atoms with E-state index in [1.165, 1.54) is 6.07 Å². The molecular formula is C15H13N3O2. The van der Waals surface area contributed by atoms with Crippen LogP contribution in [0.1, 0.15) is 18.1 Å². The molecule has 5 nitrogen and oxygen atoms in total. The first-order valence-corrected chi connectivity index (χ1v) is 6.19. The van der Waals surface area contributed by atoms with Gasteiger partial charge < -0.3 is 5.32 Å². The number of hydrogen-bond acceptors (Lipinski definition) is 4. The molecule has 100 valence electrons. The quantitative estimate of drug-likeness (QED) is 0.675. The molecule has 0 aliphatic heterocycles. The van der Waals surface area contributed by atoms with E-state index in [0.717, 1.165) is 12.0 Å². The number of benzene rings is 2. The van der Waals surface area contributed by atoms with Crippen molar-refractivity contribution in [3.05, 3.63) is 63.7 Å². The van der Waals surface area contributed by atoms with Crippen LogP contribution >= 0.6 is 0 Å². The number of aryl methyl sites for hydroxylation is 1. The van der Waals surface area contributed by atoms with Crippen LogP contribution in [-0.2, 0) is 6.42 Å². The predicted molar refractivity (Wildman–Crippen MR) is 76.9 cm³/mol. The monoisotopic (exact) mass is 267 g/mol. The molecule has 0 atom stereocenters. The van der Waals surface area contributed by atoms with E-state index in [1.807, 2.05) is 13.0 Å². The van der Waals surface area contributed by atoms with Crippen LogP contribution in [0.25, 0.3) is 0 Å². The van der Waals surface area contributed by atoms with Crippen molar-refractivity contribution in [3.63, 3.8) is 0 Å². The maximum absolute atomic E-state index is 11.0. The standard InChI is InChI=1S/C15H13N3O2/c1-2-11-7-8-13(12(9-11)10-16)17-14-5-3-4-6-15(14)18(19)20/h3-9,17H,2H2,1H3. The number of nitriles is 1. The molecule has 0 saturated heterocycles. The fraction of sp³-hybridized carbons (Fsp3) is 0.133. The summed E-state index contributed by atoms with van der Waals surface area (Å²) in [6.07, 6.45) is 0.834. The molecule has 0 aliphatic rings. The Balaban J connectivity index is 2.41. The number of rotatable bonds is 4. The summed E-state index contributed by atoms with van der Waals surface area (Å²) in [7, 11) is 0. The van der Waals surface area contributed by atoms with Crippen molar-refractivity contribution in [2.24, 2.45) is 0 Å². The lowest BCUT2D eigenvalue weighted by molar-refractivity contribution is -0.383. The van der Waals surface area contributed by atoms with E-state index in [0.29, 0.717) is 16.9 Å². The Morgan fingerprint density at radius 3 is 2.65 bits per heavy atom. The van der Waals surface area contributed by atoms with E-state index in [-0.39, 0.29) is 5.69 Å². The van der Waals surface area contributed by atoms with Crippen LogP contribution in [0.2, 0.25) is 0 Å². The highest BCUT2D eigenvalue weighted by atomic mass is 16.6. The second kappa shape index (κ2) is 5.85. The van der Waals surface area contributed by atoms with Gasteiger partial charge in [-0.15, -0.1) is 0 Å². The van der Waals surface area contributed by atoms with Gasteiger partial charge in [-0.1, -0.05) is 25.1 Å². The van der Waals surface area contributed by atoms with Crippen LogP contribution in [-0.4, -0.2) is 4.92 Å². The van der Waals surface area contributed by atoms with E-state index in [9.17, 15) is 15.4 Å². The van der Waals surface area contributed by atoms with Gasteiger partial charge in [-0.3, -0.25) is 10.1 Å². The highest BCUT2D eigenvalue weighted by Crippen LogP contribution is 2.28. The predicted octanol–water partition coefficient (Wildman–Crippen LogP) is 3.77. The van der Waals surface area contributed by atoms with Gasteiger partial charge in [0.2, 0.25) is 0 Å². The van der Waals surface area contributed by atoms with Crippen LogP contribution in [0.4, 0.5) is 17.1 Å². The molecular weight excluding hydrogens is 254 g/mol. The Morgan fingerprint density at radius 2 is 2.00 bits per heavy atom. The van der Waals surface area contributed by atoms with Crippen molar-refractivity contribution >= 4 is 17.1 Å². The number of nitro groups is 1. The summed E-state index contributed by atoms with van der Waals surface area (Å²) >= 11 is 0. The smallest absolute Gasteiger partial charge is 0.292 e. The van der Waals surface area contributed by atoms with Gasteiger partial charge in [0.25, 0.3) is 5.69 Å². The second-order valence-electron chi connectivity index (χ2n) is 4.24. The van der Waals surface area contributed by atoms with Crippen LogP contribution in [0, 0.1) is 21.4 Å². The minimum atomic E-state index is -0.450. The maximum atomic E-state index is 11.0. The number of nitro benzene ring substituents is 1. The molecule has 2 aromatic rings. The molecule has 20 heavy (non-hydrogen) atoms. The summed E-state index contributed by atoms with van der Waals surface area (Å²) in [4.78, 5) is 10.5. The van der Waals surface area contributed by atoms with E-state index >= 15 is 0 Å². The minimum Gasteiger partial charge on any atom is -0.349 e. The summed E-state index contributed by atoms with van der Waals surface area (Å²) < 4.78 is 0. The van der Waals surface area contributed by atoms with Gasteiger partial charge in [-0.2, -0.15) is 5.26 Å². The zero-order valence-corrected chi connectivity index (χ0v) is 11.0. The molecule has 5 heteroatoms. The van der Waals surface area contributed by atoms with Crippen molar-refractivity contribution in [1.29, 1.82) is 5.26 Å². The summed E-state index contributed by atoms with van der Waals surface area (Å²) in [6, 6.07) is 13.9. The largest absolute Gasteiger partial charge is 0.349 e. The molecule has 0 unspecified atom stereocenters. The van der Waals surface area contributed by atoms with Crippen molar-refractivity contribution in [3.8, 4) is 6.07 Å². The first-order chi connectivity index (χ1) is 9.65. The van der Waals surface area contributed by atoms with Crippen molar-refractivity contribution < 1.29 is 4.92 Å². The summed E-state index contributed by atoms with van der Waals surface area (Å²) in [5.41, 5.74) is 2.45. The molecule has 0 amide bonds. The number of para-hydroxylation sites is 2. The Bertz CT molecular complexity index is 690. The van der Waals surface area contributed by atoms with Crippen molar-refractivity contribution in [2.45, 2.75) is 13.3 Å². The van der Waals surface area contributed by atoms with Crippen LogP contribution < -0.4 is 5.32 Å². The molecule has 0 aliphatic carbocycles. The maximum Gasteiger partial charge on any atom is 0.292 e. The van der Waals surface area contributed by atoms with Gasteiger partial charge in [0, 0.05) is 6.07 Å². The van der Waals surface area contributed by atoms with Gasteiger partial charge in [-0.25, -0.2) is 0 Å². The lowest BCUT2D eigenvalue weighted by Crippen LogP contribution is -1.99. The molecule has 0 spiro atoms. The highest BCUT2D eigenvalue weighted by molar-refractivity contribution is 5.73. The average Bonchev–Trinajstić information content (AvgIpc) is 2.48. The van der Waals surface area contributed by atoms with E-state index in [4.69, 9.17) is 0 Å². The fourth-order valence-electron chi connectivity index (χ4n) is 1.90. The molecule has 0 fully saturated rings. The van der Waals surface area contributed by atoms with Gasteiger partial charge in [0.15, 0.2) is 0 Å². The SMILES string of the molecule is CCc1ccc(Nc2ccccc2[N+](=O)[O-])c(C#N)c1. The zero-order chi connectivity index (χ0) is 14.5. The van der Waals surface area contributed by atoms with Gasteiger partial charge >= 0.3 is 0 Å². The topological polar surface area (TPSA) is 79.0 Å². The molecule has 1 N–H and O–H groups in total. The zero-order valence-electron chi connectivity index (χ0n) is 11.0. The van der Waals surface area contributed by atoms with Crippen LogP contribution in [0.15, 0.2) is 42.5 Å². The van der Waals surface area contributed by atoms with Gasteiger partial charge in [-0.05, 0) is 30.2 Å². The third kappa shape index (κ3) is 2.75. The van der Waals surface area contributed by atoms with Gasteiger partial charge in [0.05, 0.1) is 16.2 Å². The van der Waals surface area contributed by atoms with Crippen LogP contribution in [0.5, 0.6) is 0 Å². The van der Waals surface area contributed by atoms with E-state index in [2.05, 4.69) is 11.4 Å². The Labute approximate surface area is 116 Å². The van der Waals surface area contributed by atoms with E-state index in [1.54, 1.807) is 30.3 Å². The third-order valence-electron chi connectivity index (χ3n) is 2.98. The Kier molecular flexibility index (Phi) is 3.96. The summed E-state index contributed by atoms with van der Waals surface area (Å²) in [6.45, 7) is 2.01. The molecule has 0 bridgehead atoms. The lowest BCUT2D eigenvalue weighted by Gasteiger charge is -2.09. The number of nitrogens with one attached hydrogen (secondary N) is 1. The summed E-state index contributed by atoms with van der Waals surface area (Å²) in [5, 5.41) is 23.1. The highest BCUT2D eigenvalue weighted by Gasteiger charge is 2.13. The molecule has 0 aromatic heterocycles. The summed E-state index contributed by atoms with van der Waals surface area (Å²) in [5.74, 6) is 0. The average molecular weight is 267 g/mol. The molecule has 2 rings (SSSR count). The van der Waals surface area contributed by atoms with Crippen molar-refractivity contribution in [1.82, 2.24) is 0 Å². The first kappa shape index (κ1) is 13.6. The number of anilines is 2. The lowest BCUT2D eigenvalue weighted by atomic mass is 10.1. The number of nitrogens with zero attached hydrogens (tertiary/aromatic N) is 2. The first-order valence-electron chi connectivity index (χ1n) is 6.19. The minimum absolute atomic E-state index is 0.0176. The molecule has 0 radical (unpaired) electrons. The normalized spacial score (nSPS) is 9.80. The molecule has 0 saturated carbocycles. The second-order valence-corrected chi connectivity index (χ2v) is 4.24.